The number of aromatic nitrogens is 1. The lowest BCUT2D eigenvalue weighted by Crippen LogP contribution is -2.24. The minimum absolute atomic E-state index is 0.150. The molecule has 2 aromatic rings. The molecular formula is C15H18N2OS. The Morgan fingerprint density at radius 1 is 1.53 bits per heavy atom. The molecule has 100 valence electrons. The van der Waals surface area contributed by atoms with Crippen LogP contribution in [-0.4, -0.2) is 17.4 Å². The summed E-state index contributed by atoms with van der Waals surface area (Å²) in [6.07, 6.45) is 1.75. The number of hydrogen-bond donors (Lipinski definition) is 1. The Kier molecular flexibility index (Phi) is 3.27. The molecule has 0 aliphatic heterocycles. The van der Waals surface area contributed by atoms with Gasteiger partial charge in [-0.15, -0.1) is 11.3 Å². The third-order valence-corrected chi connectivity index (χ3v) is 4.79. The van der Waals surface area contributed by atoms with Gasteiger partial charge in [0.2, 0.25) is 5.91 Å². The van der Waals surface area contributed by atoms with Crippen molar-refractivity contribution in [2.24, 2.45) is 5.92 Å². The molecule has 3 nitrogen and oxygen atoms in total. The van der Waals surface area contributed by atoms with E-state index in [0.29, 0.717) is 18.3 Å². The number of carbonyl (C=O) groups is 1. The van der Waals surface area contributed by atoms with E-state index < -0.39 is 0 Å². The van der Waals surface area contributed by atoms with Gasteiger partial charge in [0.1, 0.15) is 0 Å². The number of benzene rings is 1. The second-order valence-corrected chi connectivity index (χ2v) is 6.39. The number of amides is 1. The van der Waals surface area contributed by atoms with E-state index in [9.17, 15) is 4.79 Å². The van der Waals surface area contributed by atoms with Crippen molar-refractivity contribution in [2.45, 2.75) is 32.6 Å². The molecular weight excluding hydrogens is 256 g/mol. The first kappa shape index (κ1) is 12.6. The molecule has 0 bridgehead atoms. The standard InChI is InChI=1S/C15H18N2OS/c1-3-14(18)16-8-10-7-12(10)11-5-4-6-13-15(11)19-9(2)17-13/h4-6,10,12H,3,7-8H2,1-2H3,(H,16,18). The molecule has 3 rings (SSSR count). The summed E-state index contributed by atoms with van der Waals surface area (Å²) in [5, 5.41) is 4.12. The van der Waals surface area contributed by atoms with Gasteiger partial charge >= 0.3 is 0 Å². The fraction of sp³-hybridized carbons (Fsp3) is 0.467. The normalized spacial score (nSPS) is 21.6. The van der Waals surface area contributed by atoms with E-state index in [1.165, 1.54) is 16.7 Å². The predicted molar refractivity (Wildman–Crippen MR) is 78.5 cm³/mol. The van der Waals surface area contributed by atoms with Crippen molar-refractivity contribution in [3.63, 3.8) is 0 Å². The zero-order valence-corrected chi connectivity index (χ0v) is 12.1. The van der Waals surface area contributed by atoms with Gasteiger partial charge < -0.3 is 5.32 Å². The van der Waals surface area contributed by atoms with Crippen LogP contribution in [0.3, 0.4) is 0 Å². The van der Waals surface area contributed by atoms with E-state index >= 15 is 0 Å². The van der Waals surface area contributed by atoms with Crippen LogP contribution in [0.15, 0.2) is 18.2 Å². The summed E-state index contributed by atoms with van der Waals surface area (Å²) < 4.78 is 1.33. The summed E-state index contributed by atoms with van der Waals surface area (Å²) in [5.41, 5.74) is 2.53. The van der Waals surface area contributed by atoms with Crippen LogP contribution in [0.2, 0.25) is 0 Å². The second kappa shape index (κ2) is 4.93. The molecule has 1 heterocycles. The van der Waals surface area contributed by atoms with Gasteiger partial charge in [0.25, 0.3) is 0 Å². The lowest BCUT2D eigenvalue weighted by molar-refractivity contribution is -0.120. The largest absolute Gasteiger partial charge is 0.356 e. The average Bonchev–Trinajstić information content (AvgIpc) is 3.07. The molecule has 2 atom stereocenters. The van der Waals surface area contributed by atoms with Gasteiger partial charge in [-0.25, -0.2) is 4.98 Å². The van der Waals surface area contributed by atoms with Crippen molar-refractivity contribution in [2.75, 3.05) is 6.54 Å². The maximum atomic E-state index is 11.3. The van der Waals surface area contributed by atoms with Crippen molar-refractivity contribution in [3.05, 3.63) is 28.8 Å². The van der Waals surface area contributed by atoms with E-state index in [1.54, 1.807) is 11.3 Å². The number of nitrogens with one attached hydrogen (secondary N) is 1. The number of thiazole rings is 1. The fourth-order valence-corrected chi connectivity index (χ4v) is 3.59. The highest BCUT2D eigenvalue weighted by Crippen LogP contribution is 2.49. The highest BCUT2D eigenvalue weighted by atomic mass is 32.1. The van der Waals surface area contributed by atoms with Crippen molar-refractivity contribution < 1.29 is 4.79 Å². The maximum absolute atomic E-state index is 11.3. The van der Waals surface area contributed by atoms with Crippen LogP contribution in [0, 0.1) is 12.8 Å². The number of nitrogens with zero attached hydrogens (tertiary/aromatic N) is 1. The summed E-state index contributed by atoms with van der Waals surface area (Å²) in [7, 11) is 0. The summed E-state index contributed by atoms with van der Waals surface area (Å²) in [4.78, 5) is 15.8. The topological polar surface area (TPSA) is 42.0 Å². The van der Waals surface area contributed by atoms with E-state index in [4.69, 9.17) is 0 Å². The van der Waals surface area contributed by atoms with Crippen LogP contribution in [-0.2, 0) is 4.79 Å². The molecule has 1 saturated carbocycles. The monoisotopic (exact) mass is 274 g/mol. The Hall–Kier alpha value is -1.42. The first-order valence-electron chi connectivity index (χ1n) is 6.81. The average molecular weight is 274 g/mol. The minimum atomic E-state index is 0.150. The van der Waals surface area contributed by atoms with Crippen molar-refractivity contribution in [3.8, 4) is 0 Å². The van der Waals surface area contributed by atoms with E-state index in [0.717, 1.165) is 17.1 Å². The number of rotatable bonds is 4. The van der Waals surface area contributed by atoms with Crippen molar-refractivity contribution in [1.82, 2.24) is 10.3 Å². The van der Waals surface area contributed by atoms with Crippen LogP contribution in [0.25, 0.3) is 10.2 Å². The predicted octanol–water partition coefficient (Wildman–Crippen LogP) is 3.23. The van der Waals surface area contributed by atoms with Gasteiger partial charge in [0.05, 0.1) is 15.2 Å². The van der Waals surface area contributed by atoms with Gasteiger partial charge in [0, 0.05) is 13.0 Å². The Morgan fingerprint density at radius 2 is 2.37 bits per heavy atom. The molecule has 0 spiro atoms. The smallest absolute Gasteiger partial charge is 0.219 e. The summed E-state index contributed by atoms with van der Waals surface area (Å²) in [5.74, 6) is 1.35. The van der Waals surface area contributed by atoms with Crippen LogP contribution in [0.5, 0.6) is 0 Å². The van der Waals surface area contributed by atoms with Gasteiger partial charge in [-0.3, -0.25) is 4.79 Å². The van der Waals surface area contributed by atoms with Gasteiger partial charge in [-0.2, -0.15) is 0 Å². The van der Waals surface area contributed by atoms with Gasteiger partial charge in [0.15, 0.2) is 0 Å². The highest BCUT2D eigenvalue weighted by molar-refractivity contribution is 7.18. The molecule has 1 aliphatic rings. The van der Waals surface area contributed by atoms with Crippen molar-refractivity contribution in [1.29, 1.82) is 0 Å². The fourth-order valence-electron chi connectivity index (χ4n) is 2.60. The molecule has 1 aliphatic carbocycles. The number of fused-ring (bicyclic) bond motifs is 1. The lowest BCUT2D eigenvalue weighted by Gasteiger charge is -2.04. The third kappa shape index (κ3) is 2.50. The molecule has 0 radical (unpaired) electrons. The Bertz CT molecular complexity index is 620. The zero-order chi connectivity index (χ0) is 13.4. The van der Waals surface area contributed by atoms with E-state index in [2.05, 4.69) is 35.4 Å². The molecule has 19 heavy (non-hydrogen) atoms. The first-order chi connectivity index (χ1) is 9.19. The number of hydrogen-bond acceptors (Lipinski definition) is 3. The third-order valence-electron chi connectivity index (χ3n) is 3.76. The SMILES string of the molecule is CCC(=O)NCC1CC1c1cccc2nc(C)sc12. The van der Waals surface area contributed by atoms with Crippen LogP contribution in [0.4, 0.5) is 0 Å². The molecule has 0 saturated heterocycles. The van der Waals surface area contributed by atoms with Crippen molar-refractivity contribution >= 4 is 27.5 Å². The Balaban J connectivity index is 1.74. The molecule has 1 aromatic heterocycles. The summed E-state index contributed by atoms with van der Waals surface area (Å²) in [6, 6.07) is 6.39. The van der Waals surface area contributed by atoms with Crippen LogP contribution in [0.1, 0.15) is 36.3 Å². The highest BCUT2D eigenvalue weighted by Gasteiger charge is 2.39. The molecule has 1 amide bonds. The Morgan fingerprint density at radius 3 is 3.16 bits per heavy atom. The first-order valence-corrected chi connectivity index (χ1v) is 7.63. The molecule has 1 fully saturated rings. The number of aryl methyl sites for hydroxylation is 1. The molecule has 2 unspecified atom stereocenters. The summed E-state index contributed by atoms with van der Waals surface area (Å²) >= 11 is 1.78. The zero-order valence-electron chi connectivity index (χ0n) is 11.3. The van der Waals surface area contributed by atoms with Gasteiger partial charge in [-0.05, 0) is 36.8 Å². The second-order valence-electron chi connectivity index (χ2n) is 5.19. The van der Waals surface area contributed by atoms with Crippen LogP contribution >= 0.6 is 11.3 Å². The molecule has 1 N–H and O–H groups in total. The summed E-state index contributed by atoms with van der Waals surface area (Å²) in [6.45, 7) is 4.76. The number of carbonyl (C=O) groups excluding carboxylic acids is 1. The lowest BCUT2D eigenvalue weighted by atomic mass is 10.1. The van der Waals surface area contributed by atoms with E-state index in [1.807, 2.05) is 6.92 Å². The molecule has 4 heteroatoms. The van der Waals surface area contributed by atoms with Gasteiger partial charge in [-0.1, -0.05) is 19.1 Å². The Labute approximate surface area is 117 Å². The van der Waals surface area contributed by atoms with Crippen LogP contribution < -0.4 is 5.32 Å². The van der Waals surface area contributed by atoms with E-state index in [-0.39, 0.29) is 5.91 Å². The minimum Gasteiger partial charge on any atom is -0.356 e. The maximum Gasteiger partial charge on any atom is 0.219 e. The molecule has 1 aromatic carbocycles. The quantitative estimate of drug-likeness (QED) is 0.930.